The smallest absolute Gasteiger partial charge is 0.135 e. The average molecular weight is 178 g/mol. The van der Waals surface area contributed by atoms with E-state index in [0.29, 0.717) is 5.78 Å². The second-order valence-corrected chi connectivity index (χ2v) is 2.81. The predicted octanol–water partition coefficient (Wildman–Crippen LogP) is 1.02. The fourth-order valence-corrected chi connectivity index (χ4v) is 1.02. The molecule has 1 aromatic rings. The van der Waals surface area contributed by atoms with Crippen molar-refractivity contribution in [2.45, 2.75) is 12.8 Å². The van der Waals surface area contributed by atoms with E-state index in [4.69, 9.17) is 0 Å². The number of hydrogen-bond acceptors (Lipinski definition) is 3. The van der Waals surface area contributed by atoms with E-state index in [-0.39, 0.29) is 0 Å². The van der Waals surface area contributed by atoms with E-state index in [9.17, 15) is 4.79 Å². The minimum atomic E-state index is 0.402. The second kappa shape index (κ2) is 6.31. The summed E-state index contributed by atoms with van der Waals surface area (Å²) in [6.07, 6.45) is 4.97. The first kappa shape index (κ1) is 9.86. The van der Waals surface area contributed by atoms with Gasteiger partial charge in [-0.05, 0) is 12.1 Å². The minimum Gasteiger partial charge on any atom is -0.316 e. The maximum atomic E-state index is 10.4. The summed E-state index contributed by atoms with van der Waals surface area (Å²) in [4.78, 5) is 14.2. The van der Waals surface area contributed by atoms with Crippen LogP contribution in [-0.4, -0.2) is 23.9 Å². The number of Topliss-reactive ketones (excluding diaryl/α,β-unsaturated/α-hetero) is 1. The largest absolute Gasteiger partial charge is 0.316 e. The lowest BCUT2D eigenvalue weighted by Gasteiger charge is -2.08. The monoisotopic (exact) mass is 178 g/mol. The van der Waals surface area contributed by atoms with Crippen LogP contribution in [0, 0.1) is 0 Å². The molecule has 1 saturated heterocycles. The number of hydrogen-bond donors (Lipinski definition) is 1. The molecule has 3 heteroatoms. The Bertz CT molecular complexity index is 201. The van der Waals surface area contributed by atoms with Crippen LogP contribution >= 0.6 is 0 Å². The number of piperidine rings is 1. The second-order valence-electron chi connectivity index (χ2n) is 2.81. The standard InChI is InChI=1S/C5H9NO.C5H5N/c7-5-1-3-6-4-2-5;1-2-4-6-5-3-1/h6H,1-4H2;1-5H. The Morgan fingerprint density at radius 3 is 1.92 bits per heavy atom. The molecule has 2 heterocycles. The minimum absolute atomic E-state index is 0.402. The normalized spacial score (nSPS) is 15.8. The first-order chi connectivity index (χ1) is 6.39. The highest BCUT2D eigenvalue weighted by Gasteiger charge is 2.04. The predicted molar refractivity (Wildman–Crippen MR) is 51.3 cm³/mol. The highest BCUT2D eigenvalue weighted by molar-refractivity contribution is 5.79. The Labute approximate surface area is 78.2 Å². The lowest BCUT2D eigenvalue weighted by molar-refractivity contribution is -0.119. The van der Waals surface area contributed by atoms with Gasteiger partial charge in [0.2, 0.25) is 0 Å². The van der Waals surface area contributed by atoms with Gasteiger partial charge in [0.25, 0.3) is 0 Å². The Morgan fingerprint density at radius 2 is 1.69 bits per heavy atom. The first-order valence-corrected chi connectivity index (χ1v) is 4.47. The number of carbonyl (C=O) groups is 1. The van der Waals surface area contributed by atoms with Crippen molar-refractivity contribution in [3.63, 3.8) is 0 Å². The fourth-order valence-electron chi connectivity index (χ4n) is 1.02. The van der Waals surface area contributed by atoms with Gasteiger partial charge in [-0.3, -0.25) is 9.78 Å². The zero-order valence-corrected chi connectivity index (χ0v) is 7.57. The SMILES string of the molecule is O=C1CCNCC1.c1ccncc1. The Kier molecular flexibility index (Phi) is 4.79. The van der Waals surface area contributed by atoms with Gasteiger partial charge in [-0.2, -0.15) is 0 Å². The summed E-state index contributed by atoms with van der Waals surface area (Å²) in [6.45, 7) is 1.78. The van der Waals surface area contributed by atoms with E-state index < -0.39 is 0 Å². The van der Waals surface area contributed by atoms with Crippen LogP contribution in [0.5, 0.6) is 0 Å². The number of rotatable bonds is 0. The molecule has 0 spiro atoms. The number of nitrogens with one attached hydrogen (secondary N) is 1. The van der Waals surface area contributed by atoms with Crippen molar-refractivity contribution in [3.05, 3.63) is 30.6 Å². The third-order valence-corrected chi connectivity index (χ3v) is 1.73. The van der Waals surface area contributed by atoms with Crippen LogP contribution in [0.3, 0.4) is 0 Å². The van der Waals surface area contributed by atoms with Crippen molar-refractivity contribution in [2.75, 3.05) is 13.1 Å². The molecule has 1 N–H and O–H groups in total. The van der Waals surface area contributed by atoms with Crippen molar-refractivity contribution in [1.29, 1.82) is 0 Å². The van der Waals surface area contributed by atoms with Gasteiger partial charge >= 0.3 is 0 Å². The molecule has 3 nitrogen and oxygen atoms in total. The highest BCUT2D eigenvalue weighted by atomic mass is 16.1. The molecule has 0 radical (unpaired) electrons. The van der Waals surface area contributed by atoms with Crippen LogP contribution in [-0.2, 0) is 4.79 Å². The van der Waals surface area contributed by atoms with Gasteiger partial charge in [-0.15, -0.1) is 0 Å². The molecule has 1 aliphatic rings. The maximum absolute atomic E-state index is 10.4. The van der Waals surface area contributed by atoms with Crippen LogP contribution in [0.2, 0.25) is 0 Å². The van der Waals surface area contributed by atoms with Gasteiger partial charge in [0.1, 0.15) is 5.78 Å². The molecule has 0 bridgehead atoms. The molecule has 1 aromatic heterocycles. The van der Waals surface area contributed by atoms with E-state index in [0.717, 1.165) is 25.9 Å². The molecule has 2 rings (SSSR count). The third kappa shape index (κ3) is 5.09. The van der Waals surface area contributed by atoms with Gasteiger partial charge in [0.05, 0.1) is 0 Å². The average Bonchev–Trinajstić information content (AvgIpc) is 2.22. The molecule has 13 heavy (non-hydrogen) atoms. The molecule has 1 aliphatic heterocycles. The van der Waals surface area contributed by atoms with Crippen molar-refractivity contribution < 1.29 is 4.79 Å². The molecule has 1 fully saturated rings. The fraction of sp³-hybridized carbons (Fsp3) is 0.400. The van der Waals surface area contributed by atoms with E-state index in [1.54, 1.807) is 12.4 Å². The van der Waals surface area contributed by atoms with E-state index >= 15 is 0 Å². The molecule has 0 atom stereocenters. The maximum Gasteiger partial charge on any atom is 0.135 e. The summed E-state index contributed by atoms with van der Waals surface area (Å²) in [7, 11) is 0. The van der Waals surface area contributed by atoms with Gasteiger partial charge in [0.15, 0.2) is 0 Å². The van der Waals surface area contributed by atoms with Crippen molar-refractivity contribution >= 4 is 5.78 Å². The molecule has 0 saturated carbocycles. The number of carbonyl (C=O) groups excluding carboxylic acids is 1. The summed E-state index contributed by atoms with van der Waals surface area (Å²) < 4.78 is 0. The number of aromatic nitrogens is 1. The number of nitrogens with zero attached hydrogens (tertiary/aromatic N) is 1. The van der Waals surface area contributed by atoms with E-state index in [2.05, 4.69) is 10.3 Å². The molecule has 0 aromatic carbocycles. The quantitative estimate of drug-likeness (QED) is 0.645. The topological polar surface area (TPSA) is 42.0 Å². The molecule has 0 aliphatic carbocycles. The van der Waals surface area contributed by atoms with Gasteiger partial charge in [-0.1, -0.05) is 6.07 Å². The molecular formula is C10H14N2O. The molecule has 0 amide bonds. The molecule has 0 unspecified atom stereocenters. The Balaban J connectivity index is 0.000000132. The summed E-state index contributed by atoms with van der Waals surface area (Å²) in [5.74, 6) is 0.402. The number of ketones is 1. The van der Waals surface area contributed by atoms with Crippen LogP contribution in [0.4, 0.5) is 0 Å². The number of pyridine rings is 1. The van der Waals surface area contributed by atoms with Crippen molar-refractivity contribution in [2.24, 2.45) is 0 Å². The van der Waals surface area contributed by atoms with Gasteiger partial charge in [0, 0.05) is 38.3 Å². The lowest BCUT2D eigenvalue weighted by Crippen LogP contribution is -2.27. The lowest BCUT2D eigenvalue weighted by atomic mass is 10.1. The summed E-state index contributed by atoms with van der Waals surface area (Å²) in [5.41, 5.74) is 0. The van der Waals surface area contributed by atoms with Gasteiger partial charge in [-0.25, -0.2) is 0 Å². The van der Waals surface area contributed by atoms with Crippen LogP contribution in [0.1, 0.15) is 12.8 Å². The van der Waals surface area contributed by atoms with Crippen LogP contribution in [0.15, 0.2) is 30.6 Å². The third-order valence-electron chi connectivity index (χ3n) is 1.73. The summed E-state index contributed by atoms with van der Waals surface area (Å²) in [5, 5.41) is 3.09. The van der Waals surface area contributed by atoms with E-state index in [1.807, 2.05) is 18.2 Å². The zero-order chi connectivity index (χ0) is 9.36. The Hall–Kier alpha value is -1.22. The first-order valence-electron chi connectivity index (χ1n) is 4.47. The van der Waals surface area contributed by atoms with Crippen LogP contribution < -0.4 is 5.32 Å². The van der Waals surface area contributed by atoms with E-state index in [1.165, 1.54) is 0 Å². The summed E-state index contributed by atoms with van der Waals surface area (Å²) >= 11 is 0. The zero-order valence-electron chi connectivity index (χ0n) is 7.57. The van der Waals surface area contributed by atoms with Crippen molar-refractivity contribution in [3.8, 4) is 0 Å². The molecular weight excluding hydrogens is 164 g/mol. The van der Waals surface area contributed by atoms with Gasteiger partial charge < -0.3 is 5.32 Å². The highest BCUT2D eigenvalue weighted by Crippen LogP contribution is 1.91. The summed E-state index contributed by atoms with van der Waals surface area (Å²) in [6, 6.07) is 5.72. The molecule has 70 valence electrons. The van der Waals surface area contributed by atoms with Crippen LogP contribution in [0.25, 0.3) is 0 Å². The van der Waals surface area contributed by atoms with Crippen molar-refractivity contribution in [1.82, 2.24) is 10.3 Å². The Morgan fingerprint density at radius 1 is 1.08 bits per heavy atom.